The number of carbonyl (C=O) groups is 2. The third-order valence-electron chi connectivity index (χ3n) is 7.14. The van der Waals surface area contributed by atoms with Crippen molar-refractivity contribution >= 4 is 34.0 Å². The quantitative estimate of drug-likeness (QED) is 0.455. The summed E-state index contributed by atoms with van der Waals surface area (Å²) in [4.78, 5) is 31.5. The Morgan fingerprint density at radius 3 is 2.53 bits per heavy atom. The normalized spacial score (nSPS) is 16.9. The topological polar surface area (TPSA) is 97.7 Å². The summed E-state index contributed by atoms with van der Waals surface area (Å²) in [5.41, 5.74) is 11.8. The molecule has 0 atom stereocenters. The van der Waals surface area contributed by atoms with Crippen LogP contribution in [0.25, 0.3) is 16.5 Å². The summed E-state index contributed by atoms with van der Waals surface area (Å²) >= 11 is 0. The number of nitrogens with two attached hydrogens (primary N) is 1. The van der Waals surface area contributed by atoms with Crippen LogP contribution in [-0.4, -0.2) is 47.6 Å². The molecule has 2 aliphatic rings. The lowest BCUT2D eigenvalue weighted by Crippen LogP contribution is -2.39. The van der Waals surface area contributed by atoms with Crippen LogP contribution in [0.2, 0.25) is 0 Å². The number of fused-ring (bicyclic) bond motifs is 4. The molecule has 7 nitrogen and oxygen atoms in total. The predicted octanol–water partition coefficient (Wildman–Crippen LogP) is 5.65. The molecule has 36 heavy (non-hydrogen) atoms. The van der Waals surface area contributed by atoms with Gasteiger partial charge in [0.05, 0.1) is 12.7 Å². The minimum absolute atomic E-state index is 0.0195. The zero-order valence-corrected chi connectivity index (χ0v) is 21.7. The molecule has 1 aliphatic carbocycles. The fourth-order valence-electron chi connectivity index (χ4n) is 5.30. The summed E-state index contributed by atoms with van der Waals surface area (Å²) in [7, 11) is 1.62. The van der Waals surface area contributed by atoms with Crippen LogP contribution in [0.4, 0.5) is 10.5 Å². The molecule has 0 saturated carbocycles. The lowest BCUT2D eigenvalue weighted by atomic mass is 9.70. The molecule has 2 aromatic carbocycles. The molecular weight excluding hydrogens is 454 g/mol. The van der Waals surface area contributed by atoms with Gasteiger partial charge in [-0.3, -0.25) is 4.79 Å². The first kappa shape index (κ1) is 24.0. The maximum Gasteiger partial charge on any atom is 0.410 e. The molecule has 1 aromatic heterocycles. The standard InChI is InChI=1S/C29H33N3O4/c1-28(2,3)36-27(34)32-11-9-16(10-12-32)19-14-21-20(15-23(19)35-6)25(33)24-18-8-7-17(30)13-22(18)31-26(24)29(21,4)5/h7-9,13-15,31H,10-12,30H2,1-6H3. The number of aromatic nitrogens is 1. The molecule has 1 aliphatic heterocycles. The number of nitrogens with zero attached hydrogens (tertiary/aromatic N) is 1. The lowest BCUT2D eigenvalue weighted by Gasteiger charge is -2.34. The average molecular weight is 488 g/mol. The molecule has 0 bridgehead atoms. The van der Waals surface area contributed by atoms with E-state index in [0.717, 1.165) is 33.3 Å². The zero-order valence-electron chi connectivity index (χ0n) is 21.7. The van der Waals surface area contributed by atoms with Crippen LogP contribution in [0.3, 0.4) is 0 Å². The van der Waals surface area contributed by atoms with Gasteiger partial charge in [0, 0.05) is 51.9 Å². The van der Waals surface area contributed by atoms with Crippen LogP contribution in [0.5, 0.6) is 5.75 Å². The Morgan fingerprint density at radius 1 is 1.14 bits per heavy atom. The number of ketones is 1. The molecule has 0 fully saturated rings. The second-order valence-electron chi connectivity index (χ2n) is 11.1. The maximum absolute atomic E-state index is 13.8. The molecule has 188 valence electrons. The van der Waals surface area contributed by atoms with Gasteiger partial charge < -0.3 is 25.1 Å². The highest BCUT2D eigenvalue weighted by Crippen LogP contribution is 2.46. The van der Waals surface area contributed by atoms with E-state index in [9.17, 15) is 9.59 Å². The smallest absolute Gasteiger partial charge is 0.410 e. The van der Waals surface area contributed by atoms with Crippen LogP contribution in [0.15, 0.2) is 36.4 Å². The van der Waals surface area contributed by atoms with Crippen molar-refractivity contribution in [2.75, 3.05) is 25.9 Å². The Balaban J connectivity index is 1.56. The largest absolute Gasteiger partial charge is 0.496 e. The molecule has 0 unspecified atom stereocenters. The van der Waals surface area contributed by atoms with Gasteiger partial charge in [0.25, 0.3) is 0 Å². The molecule has 0 saturated heterocycles. The molecule has 7 heteroatoms. The molecule has 2 heterocycles. The first-order valence-corrected chi connectivity index (χ1v) is 12.3. The van der Waals surface area contributed by atoms with Gasteiger partial charge in [-0.2, -0.15) is 0 Å². The molecule has 3 N–H and O–H groups in total. The number of anilines is 1. The van der Waals surface area contributed by atoms with Crippen LogP contribution in [0.1, 0.15) is 73.8 Å². The number of nitrogen functional groups attached to an aromatic ring is 1. The van der Waals surface area contributed by atoms with Crippen LogP contribution >= 0.6 is 0 Å². The van der Waals surface area contributed by atoms with E-state index in [-0.39, 0.29) is 11.9 Å². The summed E-state index contributed by atoms with van der Waals surface area (Å²) in [6.07, 6.45) is 2.40. The Labute approximate surface area is 211 Å². The first-order chi connectivity index (χ1) is 16.9. The molecule has 1 amide bonds. The lowest BCUT2D eigenvalue weighted by molar-refractivity contribution is 0.0270. The first-order valence-electron chi connectivity index (χ1n) is 12.3. The number of hydrogen-bond acceptors (Lipinski definition) is 5. The van der Waals surface area contributed by atoms with Gasteiger partial charge in [-0.1, -0.05) is 26.0 Å². The Bertz CT molecular complexity index is 1440. The third kappa shape index (κ3) is 3.83. The van der Waals surface area contributed by atoms with Crippen molar-refractivity contribution in [3.8, 4) is 5.75 Å². The van der Waals surface area contributed by atoms with Crippen molar-refractivity contribution in [2.45, 2.75) is 52.1 Å². The minimum Gasteiger partial charge on any atom is -0.496 e. The number of benzene rings is 2. The van der Waals surface area contributed by atoms with Crippen molar-refractivity contribution in [3.63, 3.8) is 0 Å². The van der Waals surface area contributed by atoms with E-state index in [0.29, 0.717) is 42.1 Å². The number of nitrogens with one attached hydrogen (secondary N) is 1. The highest BCUT2D eigenvalue weighted by Gasteiger charge is 2.40. The van der Waals surface area contributed by atoms with E-state index in [1.807, 2.05) is 51.1 Å². The van der Waals surface area contributed by atoms with Gasteiger partial charge in [0.1, 0.15) is 11.4 Å². The second-order valence-corrected chi connectivity index (χ2v) is 11.1. The highest BCUT2D eigenvalue weighted by molar-refractivity contribution is 6.20. The van der Waals surface area contributed by atoms with Crippen LogP contribution in [0, 0.1) is 0 Å². The minimum atomic E-state index is -0.534. The number of amides is 1. The highest BCUT2D eigenvalue weighted by atomic mass is 16.6. The van der Waals surface area contributed by atoms with Crippen molar-refractivity contribution in [1.82, 2.24) is 9.88 Å². The van der Waals surface area contributed by atoms with Crippen molar-refractivity contribution < 1.29 is 19.1 Å². The third-order valence-corrected chi connectivity index (χ3v) is 7.14. The molecule has 0 radical (unpaired) electrons. The van der Waals surface area contributed by atoms with Crippen LogP contribution < -0.4 is 10.5 Å². The van der Waals surface area contributed by atoms with Gasteiger partial charge in [-0.15, -0.1) is 0 Å². The van der Waals surface area contributed by atoms with E-state index < -0.39 is 11.0 Å². The summed E-state index contributed by atoms with van der Waals surface area (Å²) in [6.45, 7) is 10.9. The Kier molecular flexibility index (Phi) is 5.43. The number of carbonyl (C=O) groups excluding carboxylic acids is 2. The van der Waals surface area contributed by atoms with E-state index in [1.165, 1.54) is 0 Å². The zero-order chi connectivity index (χ0) is 26.0. The Hall–Kier alpha value is -3.74. The van der Waals surface area contributed by atoms with Gasteiger partial charge in [0.2, 0.25) is 0 Å². The number of H-pyrrole nitrogens is 1. The van der Waals surface area contributed by atoms with Crippen molar-refractivity contribution in [1.29, 1.82) is 0 Å². The SMILES string of the molecule is COc1cc2c(cc1C1=CCN(C(=O)OC(C)(C)C)CC1)C(C)(C)c1[nH]c3cc(N)ccc3c1C2=O. The van der Waals surface area contributed by atoms with E-state index in [4.69, 9.17) is 15.2 Å². The molecule has 3 aromatic rings. The number of hydrogen-bond donors (Lipinski definition) is 2. The maximum atomic E-state index is 13.8. The average Bonchev–Trinajstić information content (AvgIpc) is 3.21. The van der Waals surface area contributed by atoms with E-state index >= 15 is 0 Å². The van der Waals surface area contributed by atoms with Gasteiger partial charge >= 0.3 is 6.09 Å². The Morgan fingerprint density at radius 2 is 1.89 bits per heavy atom. The molecular formula is C29H33N3O4. The van der Waals surface area contributed by atoms with E-state index in [1.54, 1.807) is 12.0 Å². The van der Waals surface area contributed by atoms with Crippen LogP contribution in [-0.2, 0) is 10.2 Å². The van der Waals surface area contributed by atoms with E-state index in [2.05, 4.69) is 24.9 Å². The fourth-order valence-corrected chi connectivity index (χ4v) is 5.30. The molecule has 5 rings (SSSR count). The summed E-state index contributed by atoms with van der Waals surface area (Å²) in [5, 5.41) is 0.878. The van der Waals surface area contributed by atoms with Gasteiger partial charge in [-0.25, -0.2) is 4.79 Å². The number of aromatic amines is 1. The predicted molar refractivity (Wildman–Crippen MR) is 142 cm³/mol. The van der Waals surface area contributed by atoms with Gasteiger partial charge in [-0.05, 0) is 62.6 Å². The summed E-state index contributed by atoms with van der Waals surface area (Å²) < 4.78 is 11.3. The number of ether oxygens (including phenoxy) is 2. The number of methoxy groups -OCH3 is 1. The van der Waals surface area contributed by atoms with Gasteiger partial charge in [0.15, 0.2) is 5.78 Å². The second kappa shape index (κ2) is 8.15. The fraction of sp³-hybridized carbons (Fsp3) is 0.379. The van der Waals surface area contributed by atoms with Crippen molar-refractivity contribution in [3.05, 3.63) is 64.4 Å². The summed E-state index contributed by atoms with van der Waals surface area (Å²) in [6, 6.07) is 9.57. The molecule has 0 spiro atoms. The monoisotopic (exact) mass is 487 g/mol. The number of rotatable bonds is 2. The summed E-state index contributed by atoms with van der Waals surface area (Å²) in [5.74, 6) is 0.635. The van der Waals surface area contributed by atoms with Crippen molar-refractivity contribution in [2.24, 2.45) is 0 Å².